The van der Waals surface area contributed by atoms with Crippen LogP contribution < -0.4 is 5.56 Å². The van der Waals surface area contributed by atoms with E-state index in [0.29, 0.717) is 16.5 Å². The van der Waals surface area contributed by atoms with Gasteiger partial charge in [0.2, 0.25) is 11.9 Å². The summed E-state index contributed by atoms with van der Waals surface area (Å²) in [7, 11) is 6.26. The Kier molecular flexibility index (Phi) is 4.65. The van der Waals surface area contributed by atoms with E-state index < -0.39 is 23.4 Å². The monoisotopic (exact) mass is 384 g/mol. The summed E-state index contributed by atoms with van der Waals surface area (Å²) in [6, 6.07) is 17.2. The first kappa shape index (κ1) is 18.5. The van der Waals surface area contributed by atoms with Crippen LogP contribution >= 0.6 is 0 Å². The van der Waals surface area contributed by atoms with Gasteiger partial charge in [0.1, 0.15) is 13.5 Å². The molecule has 1 atom stereocenters. The van der Waals surface area contributed by atoms with Gasteiger partial charge in [-0.05, 0) is 35.9 Å². The highest BCUT2D eigenvalue weighted by Crippen LogP contribution is 2.27. The summed E-state index contributed by atoms with van der Waals surface area (Å²) in [5, 5.41) is 13.9. The van der Waals surface area contributed by atoms with E-state index in [1.165, 1.54) is 6.07 Å². The first-order valence-corrected chi connectivity index (χ1v) is 8.59. The molecule has 0 aliphatic carbocycles. The van der Waals surface area contributed by atoms with E-state index in [9.17, 15) is 13.6 Å². The Morgan fingerprint density at radius 3 is 2.34 bits per heavy atom. The highest BCUT2D eigenvalue weighted by Gasteiger charge is 2.19. The van der Waals surface area contributed by atoms with Crippen LogP contribution in [0.3, 0.4) is 0 Å². The van der Waals surface area contributed by atoms with E-state index in [4.69, 9.17) is 13.1 Å². The van der Waals surface area contributed by atoms with Crippen molar-refractivity contribution in [2.24, 2.45) is 0 Å². The molecule has 29 heavy (non-hydrogen) atoms. The summed E-state index contributed by atoms with van der Waals surface area (Å²) in [5.74, 6) is -2.98. The van der Waals surface area contributed by atoms with E-state index >= 15 is 0 Å². The Balaban J connectivity index is 1.96. The zero-order chi connectivity index (χ0) is 20.5. The van der Waals surface area contributed by atoms with Gasteiger partial charge in [0.25, 0.3) is 5.56 Å². The number of benzene rings is 2. The zero-order valence-corrected chi connectivity index (χ0v) is 14.9. The van der Waals surface area contributed by atoms with Crippen LogP contribution in [-0.4, -0.2) is 22.6 Å². The van der Waals surface area contributed by atoms with Gasteiger partial charge < -0.3 is 0 Å². The predicted molar refractivity (Wildman–Crippen MR) is 104 cm³/mol. The summed E-state index contributed by atoms with van der Waals surface area (Å²) in [4.78, 5) is 16.2. The minimum Gasteiger partial charge on any atom is -0.267 e. The molecule has 2 radical (unpaired) electrons. The molecule has 0 aliphatic heterocycles. The fourth-order valence-electron chi connectivity index (χ4n) is 3.08. The Morgan fingerprint density at radius 1 is 1.00 bits per heavy atom. The van der Waals surface area contributed by atoms with Gasteiger partial charge in [-0.25, -0.2) is 4.68 Å². The number of fused-ring (bicyclic) bond motifs is 1. The second kappa shape index (κ2) is 7.28. The van der Waals surface area contributed by atoms with Gasteiger partial charge in [-0.3, -0.25) is 4.79 Å². The minimum atomic E-state index is -1.04. The van der Waals surface area contributed by atoms with Crippen molar-refractivity contribution in [3.63, 3.8) is 0 Å². The minimum absolute atomic E-state index is 0.0524. The van der Waals surface area contributed by atoms with Crippen molar-refractivity contribution in [3.8, 4) is 17.3 Å². The van der Waals surface area contributed by atoms with Crippen molar-refractivity contribution in [2.45, 2.75) is 5.94 Å². The molecule has 8 heteroatoms. The van der Waals surface area contributed by atoms with Crippen molar-refractivity contribution in [1.29, 1.82) is 5.26 Å². The maximum atomic E-state index is 14.4. The summed E-state index contributed by atoms with van der Waals surface area (Å²) in [6.07, 6.45) is 0. The average Bonchev–Trinajstić information content (AvgIpc) is 2.74. The lowest BCUT2D eigenvalue weighted by Gasteiger charge is -2.18. The van der Waals surface area contributed by atoms with Crippen LogP contribution in [-0.2, 0) is 0 Å². The van der Waals surface area contributed by atoms with Crippen LogP contribution in [0.1, 0.15) is 17.1 Å². The third-order valence-corrected chi connectivity index (χ3v) is 4.54. The molecule has 2 aromatic carbocycles. The maximum absolute atomic E-state index is 14.4. The Morgan fingerprint density at radius 2 is 1.69 bits per heavy atom. The number of pyridine rings is 1. The molecule has 4 rings (SSSR count). The molecule has 2 aromatic heterocycles. The standard InChI is InChI=1S/C21H11BF2N4O/c22-19(13-7-5-12(11-25)6-8-13)28-21(29)15-4-2-1-3-14(15)18(27-28)16-9-10-17(23)26-20(16)24/h1-10,19H. The highest BCUT2D eigenvalue weighted by molar-refractivity contribution is 6.12. The smallest absolute Gasteiger partial charge is 0.267 e. The molecule has 0 saturated heterocycles. The summed E-state index contributed by atoms with van der Waals surface area (Å²) in [6.45, 7) is 0. The lowest BCUT2D eigenvalue weighted by Crippen LogP contribution is -2.29. The number of halogens is 2. The lowest BCUT2D eigenvalue weighted by atomic mass is 9.88. The van der Waals surface area contributed by atoms with Gasteiger partial charge in [0, 0.05) is 11.3 Å². The average molecular weight is 384 g/mol. The van der Waals surface area contributed by atoms with E-state index in [2.05, 4.69) is 10.1 Å². The Bertz CT molecular complexity index is 1330. The van der Waals surface area contributed by atoms with Crippen molar-refractivity contribution in [3.05, 3.63) is 94.0 Å². The van der Waals surface area contributed by atoms with Gasteiger partial charge in [-0.15, -0.1) is 0 Å². The van der Waals surface area contributed by atoms with E-state index in [0.717, 1.165) is 10.7 Å². The molecule has 0 N–H and O–H groups in total. The molecule has 0 aliphatic rings. The quantitative estimate of drug-likeness (QED) is 0.401. The van der Waals surface area contributed by atoms with Gasteiger partial charge in [0.05, 0.1) is 22.6 Å². The molecule has 2 heterocycles. The molecule has 4 aromatic rings. The second-order valence-electron chi connectivity index (χ2n) is 6.29. The second-order valence-corrected chi connectivity index (χ2v) is 6.29. The van der Waals surface area contributed by atoms with Crippen molar-refractivity contribution < 1.29 is 8.78 Å². The summed E-state index contributed by atoms with van der Waals surface area (Å²) >= 11 is 0. The number of nitriles is 1. The Labute approximate surface area is 165 Å². The Hall–Kier alpha value is -3.86. The third kappa shape index (κ3) is 3.27. The first-order chi connectivity index (χ1) is 14.0. The predicted octanol–water partition coefficient (Wildman–Crippen LogP) is 3.32. The fourth-order valence-corrected chi connectivity index (χ4v) is 3.08. The van der Waals surface area contributed by atoms with Gasteiger partial charge >= 0.3 is 0 Å². The van der Waals surface area contributed by atoms with Gasteiger partial charge in [0.15, 0.2) is 0 Å². The van der Waals surface area contributed by atoms with Crippen LogP contribution in [0.2, 0.25) is 0 Å². The van der Waals surface area contributed by atoms with Crippen LogP contribution in [0.4, 0.5) is 8.78 Å². The summed E-state index contributed by atoms with van der Waals surface area (Å²) < 4.78 is 28.7. The fraction of sp³-hybridized carbons (Fsp3) is 0.0476. The molecule has 0 saturated carbocycles. The first-order valence-electron chi connectivity index (χ1n) is 8.59. The van der Waals surface area contributed by atoms with Crippen LogP contribution in [0.25, 0.3) is 22.0 Å². The molecule has 138 valence electrons. The maximum Gasteiger partial charge on any atom is 0.274 e. The lowest BCUT2D eigenvalue weighted by molar-refractivity contribution is 0.514. The molecule has 0 bridgehead atoms. The van der Waals surface area contributed by atoms with Crippen LogP contribution in [0, 0.1) is 23.2 Å². The molecule has 0 fully saturated rings. The zero-order valence-electron chi connectivity index (χ0n) is 14.9. The van der Waals surface area contributed by atoms with Gasteiger partial charge in [-0.2, -0.15) is 24.1 Å². The largest absolute Gasteiger partial charge is 0.274 e. The van der Waals surface area contributed by atoms with Crippen LogP contribution in [0.15, 0.2) is 65.5 Å². The van der Waals surface area contributed by atoms with Crippen molar-refractivity contribution >= 4 is 18.6 Å². The number of aromatic nitrogens is 3. The van der Waals surface area contributed by atoms with E-state index in [1.807, 2.05) is 6.07 Å². The highest BCUT2D eigenvalue weighted by atomic mass is 19.1. The number of hydrogen-bond donors (Lipinski definition) is 0. The SMILES string of the molecule is [B]C(c1ccc(C#N)cc1)n1nc(-c2ccc(F)nc2F)c2ccccc2c1=O. The molecule has 0 spiro atoms. The number of nitrogens with zero attached hydrogens (tertiary/aromatic N) is 4. The van der Waals surface area contributed by atoms with Crippen LogP contribution in [0.5, 0.6) is 0 Å². The third-order valence-electron chi connectivity index (χ3n) is 4.54. The molecular formula is C21H11BF2N4O. The van der Waals surface area contributed by atoms with Crippen molar-refractivity contribution in [2.75, 3.05) is 0 Å². The molecule has 5 nitrogen and oxygen atoms in total. The van der Waals surface area contributed by atoms with Gasteiger partial charge in [-0.1, -0.05) is 30.3 Å². The topological polar surface area (TPSA) is 71.6 Å². The molecule has 1 unspecified atom stereocenters. The molecule has 0 amide bonds. The summed E-state index contributed by atoms with van der Waals surface area (Å²) in [5.41, 5.74) is 0.590. The number of rotatable bonds is 3. The number of hydrogen-bond acceptors (Lipinski definition) is 4. The van der Waals surface area contributed by atoms with Crippen molar-refractivity contribution in [1.82, 2.24) is 14.8 Å². The van der Waals surface area contributed by atoms with E-state index in [1.54, 1.807) is 48.5 Å². The normalized spacial score (nSPS) is 11.9. The van der Waals surface area contributed by atoms with E-state index in [-0.39, 0.29) is 16.6 Å². The molecular weight excluding hydrogens is 373 g/mol.